The van der Waals surface area contributed by atoms with Gasteiger partial charge in [0.25, 0.3) is 0 Å². The summed E-state index contributed by atoms with van der Waals surface area (Å²) in [6, 6.07) is 10.1. The topological polar surface area (TPSA) is 64.9 Å². The molecule has 0 spiro atoms. The Balaban J connectivity index is 2.14. The lowest BCUT2D eigenvalue weighted by molar-refractivity contribution is 0.300. The van der Waals surface area contributed by atoms with Gasteiger partial charge in [-0.25, -0.2) is 4.63 Å². The summed E-state index contributed by atoms with van der Waals surface area (Å²) >= 11 is 0. The van der Waals surface area contributed by atoms with Gasteiger partial charge in [0.2, 0.25) is 0 Å². The summed E-state index contributed by atoms with van der Waals surface area (Å²) in [6.07, 6.45) is 1.46. The highest BCUT2D eigenvalue weighted by molar-refractivity contribution is 5.22. The number of benzene rings is 1. The first-order valence-corrected chi connectivity index (χ1v) is 4.94. The molecule has 0 amide bonds. The number of nitrogens with zero attached hydrogens (tertiary/aromatic N) is 2. The zero-order valence-electron chi connectivity index (χ0n) is 8.39. The predicted octanol–water partition coefficient (Wildman–Crippen LogP) is 1.16. The van der Waals surface area contributed by atoms with E-state index >= 15 is 0 Å². The molecule has 0 unspecified atom stereocenters. The van der Waals surface area contributed by atoms with Crippen LogP contribution in [0.2, 0.25) is 0 Å². The highest BCUT2D eigenvalue weighted by Gasteiger charge is 2.09. The van der Waals surface area contributed by atoms with Gasteiger partial charge in [-0.1, -0.05) is 40.6 Å². The Morgan fingerprint density at radius 2 is 1.80 bits per heavy atom. The molecule has 1 heterocycles. The first kappa shape index (κ1) is 9.86. The molecule has 0 saturated carbocycles. The Morgan fingerprint density at radius 1 is 1.07 bits per heavy atom. The Bertz CT molecular complexity index is 411. The number of hydrogen-bond acceptors (Lipinski definition) is 4. The minimum atomic E-state index is 0.565. The van der Waals surface area contributed by atoms with Crippen LogP contribution in [-0.2, 0) is 12.8 Å². The summed E-state index contributed by atoms with van der Waals surface area (Å²) in [5.41, 5.74) is 8.42. The van der Waals surface area contributed by atoms with E-state index < -0.39 is 0 Å². The molecule has 78 valence electrons. The van der Waals surface area contributed by atoms with Crippen LogP contribution >= 0.6 is 0 Å². The maximum atomic E-state index is 5.47. The maximum absolute atomic E-state index is 5.47. The molecule has 0 aliphatic rings. The van der Waals surface area contributed by atoms with Gasteiger partial charge in [-0.05, 0) is 12.1 Å². The molecule has 1 aromatic heterocycles. The Morgan fingerprint density at radius 3 is 2.53 bits per heavy atom. The molecule has 0 fully saturated rings. The zero-order chi connectivity index (χ0) is 10.5. The molecule has 4 nitrogen and oxygen atoms in total. The fourth-order valence-electron chi connectivity index (χ4n) is 1.47. The second-order valence-electron chi connectivity index (χ2n) is 3.36. The van der Waals surface area contributed by atoms with Crippen LogP contribution in [0.5, 0.6) is 0 Å². The van der Waals surface area contributed by atoms with Crippen molar-refractivity contribution < 1.29 is 4.63 Å². The molecule has 0 aliphatic heterocycles. The van der Waals surface area contributed by atoms with Crippen LogP contribution in [0.4, 0.5) is 0 Å². The SMILES string of the molecule is NCCc1nonc1Cc1ccccc1. The van der Waals surface area contributed by atoms with Crippen LogP contribution in [-0.4, -0.2) is 16.9 Å². The van der Waals surface area contributed by atoms with Crippen molar-refractivity contribution in [1.29, 1.82) is 0 Å². The van der Waals surface area contributed by atoms with Crippen molar-refractivity contribution in [1.82, 2.24) is 10.3 Å². The van der Waals surface area contributed by atoms with E-state index in [1.54, 1.807) is 0 Å². The summed E-state index contributed by atoms with van der Waals surface area (Å²) in [4.78, 5) is 0. The van der Waals surface area contributed by atoms with Crippen molar-refractivity contribution in [2.45, 2.75) is 12.8 Å². The molecule has 0 saturated heterocycles. The van der Waals surface area contributed by atoms with Crippen molar-refractivity contribution in [3.05, 3.63) is 47.3 Å². The van der Waals surface area contributed by atoms with E-state index in [0.717, 1.165) is 17.8 Å². The molecule has 2 rings (SSSR count). The van der Waals surface area contributed by atoms with Gasteiger partial charge < -0.3 is 5.73 Å². The lowest BCUT2D eigenvalue weighted by atomic mass is 10.1. The lowest BCUT2D eigenvalue weighted by Gasteiger charge is -1.98. The van der Waals surface area contributed by atoms with Gasteiger partial charge >= 0.3 is 0 Å². The molecular formula is C11H13N3O. The third-order valence-corrected chi connectivity index (χ3v) is 2.23. The van der Waals surface area contributed by atoms with Crippen LogP contribution < -0.4 is 5.73 Å². The number of aromatic nitrogens is 2. The van der Waals surface area contributed by atoms with Crippen LogP contribution in [0.3, 0.4) is 0 Å². The second kappa shape index (κ2) is 4.70. The van der Waals surface area contributed by atoms with Crippen LogP contribution in [0.1, 0.15) is 17.0 Å². The Labute approximate surface area is 88.1 Å². The summed E-state index contributed by atoms with van der Waals surface area (Å²) in [5.74, 6) is 0. The van der Waals surface area contributed by atoms with Gasteiger partial charge in [-0.15, -0.1) is 0 Å². The zero-order valence-corrected chi connectivity index (χ0v) is 8.39. The van der Waals surface area contributed by atoms with Gasteiger partial charge in [-0.2, -0.15) is 0 Å². The second-order valence-corrected chi connectivity index (χ2v) is 3.36. The van der Waals surface area contributed by atoms with E-state index in [9.17, 15) is 0 Å². The van der Waals surface area contributed by atoms with Crippen molar-refractivity contribution in [3.63, 3.8) is 0 Å². The fourth-order valence-corrected chi connectivity index (χ4v) is 1.47. The van der Waals surface area contributed by atoms with Crippen molar-refractivity contribution >= 4 is 0 Å². The number of hydrogen-bond donors (Lipinski definition) is 1. The fraction of sp³-hybridized carbons (Fsp3) is 0.273. The number of nitrogens with two attached hydrogens (primary N) is 1. The monoisotopic (exact) mass is 203 g/mol. The number of rotatable bonds is 4. The standard InChI is InChI=1S/C11H13N3O/c12-7-6-10-11(14-15-13-10)8-9-4-2-1-3-5-9/h1-5H,6-8,12H2. The van der Waals surface area contributed by atoms with Crippen molar-refractivity contribution in [2.24, 2.45) is 5.73 Å². The van der Waals surface area contributed by atoms with E-state index in [1.807, 2.05) is 18.2 Å². The maximum Gasteiger partial charge on any atom is 0.112 e. The lowest BCUT2D eigenvalue weighted by Crippen LogP contribution is -2.05. The Kier molecular flexibility index (Phi) is 3.09. The van der Waals surface area contributed by atoms with E-state index in [4.69, 9.17) is 10.4 Å². The van der Waals surface area contributed by atoms with Crippen molar-refractivity contribution in [2.75, 3.05) is 6.54 Å². The molecular weight excluding hydrogens is 190 g/mol. The van der Waals surface area contributed by atoms with E-state index in [0.29, 0.717) is 13.0 Å². The van der Waals surface area contributed by atoms with Gasteiger partial charge in [-0.3, -0.25) is 0 Å². The van der Waals surface area contributed by atoms with Gasteiger partial charge in [0.05, 0.1) is 0 Å². The van der Waals surface area contributed by atoms with E-state index in [2.05, 4.69) is 22.4 Å². The summed E-state index contributed by atoms with van der Waals surface area (Å²) < 4.78 is 4.71. The minimum Gasteiger partial charge on any atom is -0.330 e. The van der Waals surface area contributed by atoms with E-state index in [-0.39, 0.29) is 0 Å². The van der Waals surface area contributed by atoms with Gasteiger partial charge in [0.15, 0.2) is 0 Å². The van der Waals surface area contributed by atoms with Crippen molar-refractivity contribution in [3.8, 4) is 0 Å². The molecule has 0 aliphatic carbocycles. The minimum absolute atomic E-state index is 0.565. The Hall–Kier alpha value is -1.68. The largest absolute Gasteiger partial charge is 0.330 e. The highest BCUT2D eigenvalue weighted by atomic mass is 16.6. The summed E-state index contributed by atoms with van der Waals surface area (Å²) in [7, 11) is 0. The molecule has 2 N–H and O–H groups in total. The average Bonchev–Trinajstić information content (AvgIpc) is 2.68. The van der Waals surface area contributed by atoms with Crippen LogP contribution in [0, 0.1) is 0 Å². The van der Waals surface area contributed by atoms with E-state index in [1.165, 1.54) is 5.56 Å². The molecule has 0 bridgehead atoms. The molecule has 0 radical (unpaired) electrons. The smallest absolute Gasteiger partial charge is 0.112 e. The quantitative estimate of drug-likeness (QED) is 0.809. The third kappa shape index (κ3) is 2.41. The van der Waals surface area contributed by atoms with Crippen LogP contribution in [0.25, 0.3) is 0 Å². The first-order valence-electron chi connectivity index (χ1n) is 4.94. The third-order valence-electron chi connectivity index (χ3n) is 2.23. The summed E-state index contributed by atoms with van der Waals surface area (Å²) in [6.45, 7) is 0.565. The van der Waals surface area contributed by atoms with Gasteiger partial charge in [0.1, 0.15) is 11.4 Å². The highest BCUT2D eigenvalue weighted by Crippen LogP contribution is 2.10. The molecule has 4 heteroatoms. The molecule has 1 aromatic carbocycles. The first-order chi connectivity index (χ1) is 7.40. The predicted molar refractivity (Wildman–Crippen MR) is 56.3 cm³/mol. The molecule has 15 heavy (non-hydrogen) atoms. The molecule has 0 atom stereocenters. The average molecular weight is 203 g/mol. The molecule has 2 aromatic rings. The normalized spacial score (nSPS) is 10.5. The summed E-state index contributed by atoms with van der Waals surface area (Å²) in [5, 5.41) is 7.72. The van der Waals surface area contributed by atoms with Gasteiger partial charge in [0, 0.05) is 12.8 Å². The van der Waals surface area contributed by atoms with Crippen LogP contribution in [0.15, 0.2) is 35.0 Å².